The minimum Gasteiger partial charge on any atom is -0.481 e. The molecule has 3 atom stereocenters. The number of piperazine rings is 1. The van der Waals surface area contributed by atoms with Crippen molar-refractivity contribution in [3.63, 3.8) is 0 Å². The van der Waals surface area contributed by atoms with E-state index in [4.69, 9.17) is 4.74 Å². The molecule has 4 rings (SSSR count). The van der Waals surface area contributed by atoms with Gasteiger partial charge in [0.25, 0.3) is 0 Å². The Labute approximate surface area is 216 Å². The maximum atomic E-state index is 14.1. The van der Waals surface area contributed by atoms with Gasteiger partial charge in [0, 0.05) is 31.9 Å². The van der Waals surface area contributed by atoms with Crippen LogP contribution in [0, 0.1) is 5.92 Å². The summed E-state index contributed by atoms with van der Waals surface area (Å²) < 4.78 is 113. The van der Waals surface area contributed by atoms with E-state index in [0.717, 1.165) is 36.6 Å². The number of rotatable bonds is 7. The summed E-state index contributed by atoms with van der Waals surface area (Å²) in [6.07, 6.45) is -7.79. The molecule has 38 heavy (non-hydrogen) atoms. The Hall–Kier alpha value is -2.06. The number of halogens is 6. The van der Waals surface area contributed by atoms with E-state index < -0.39 is 62.4 Å². The monoisotopic (exact) mass is 572 g/mol. The lowest BCUT2D eigenvalue weighted by atomic mass is 10.1. The van der Waals surface area contributed by atoms with Gasteiger partial charge in [-0.15, -0.1) is 0 Å². The lowest BCUT2D eigenvalue weighted by molar-refractivity contribution is -0.148. The van der Waals surface area contributed by atoms with Crippen LogP contribution in [0.4, 0.5) is 32.0 Å². The average molecular weight is 573 g/mol. The van der Waals surface area contributed by atoms with Gasteiger partial charge in [-0.25, -0.2) is 8.42 Å². The van der Waals surface area contributed by atoms with Crippen molar-refractivity contribution in [3.8, 4) is 0 Å². The summed E-state index contributed by atoms with van der Waals surface area (Å²) in [6.45, 7) is -1.05. The first-order valence-corrected chi connectivity index (χ1v) is 14.1. The molecule has 3 fully saturated rings. The third kappa shape index (κ3) is 6.56. The second-order valence-corrected chi connectivity index (χ2v) is 12.4. The van der Waals surface area contributed by atoms with E-state index in [9.17, 15) is 44.7 Å². The molecule has 7 nitrogen and oxygen atoms in total. The Morgan fingerprint density at radius 1 is 1.00 bits per heavy atom. The second-order valence-electron chi connectivity index (χ2n) is 10.2. The van der Waals surface area contributed by atoms with Gasteiger partial charge < -0.3 is 14.7 Å². The molecular formula is C24H30F6N2O5S. The second kappa shape index (κ2) is 10.8. The number of carboxylic acid groups (broad SMARTS) is 1. The third-order valence-electron chi connectivity index (χ3n) is 7.60. The molecule has 14 heteroatoms. The fraction of sp³-hybridized carbons (Fsp3) is 0.708. The highest BCUT2D eigenvalue weighted by atomic mass is 32.2. The highest BCUT2D eigenvalue weighted by Crippen LogP contribution is 2.43. The Balaban J connectivity index is 1.55. The minimum atomic E-state index is -5.03. The molecule has 2 saturated carbocycles. The molecule has 1 saturated heterocycles. The van der Waals surface area contributed by atoms with Crippen LogP contribution < -0.4 is 4.90 Å². The molecule has 1 aromatic rings. The highest BCUT2D eigenvalue weighted by Gasteiger charge is 2.48. The maximum Gasteiger partial charge on any atom is 0.417 e. The number of hydrogen-bond donors (Lipinski definition) is 1. The standard InChI is InChI=1S/C24H30F6N2O5S/c25-23(26,27)14-31-7-9-32(10-8-31)15-5-6-21(19(11-15)24(28,29)30)38(35,36)17-12-18(22(33)34)20(13-17)37-16-3-1-2-4-16/h5-6,11,16-18,20H,1-4,7-10,12-14H2,(H,33,34)/t17-,18-,20-/m1/s1. The molecular weight excluding hydrogens is 542 g/mol. The largest absolute Gasteiger partial charge is 0.481 e. The van der Waals surface area contributed by atoms with E-state index in [1.807, 2.05) is 0 Å². The Morgan fingerprint density at radius 3 is 2.18 bits per heavy atom. The van der Waals surface area contributed by atoms with Crippen molar-refractivity contribution in [2.45, 2.75) is 73.2 Å². The predicted molar refractivity (Wildman–Crippen MR) is 125 cm³/mol. The molecule has 2 aliphatic carbocycles. The average Bonchev–Trinajstić information content (AvgIpc) is 3.48. The molecule has 3 aliphatic rings. The predicted octanol–water partition coefficient (Wildman–Crippen LogP) is 4.35. The Kier molecular flexibility index (Phi) is 8.25. The molecule has 1 aromatic carbocycles. The zero-order valence-corrected chi connectivity index (χ0v) is 21.3. The first-order valence-electron chi connectivity index (χ1n) is 12.5. The van der Waals surface area contributed by atoms with E-state index >= 15 is 0 Å². The molecule has 1 N–H and O–H groups in total. The van der Waals surface area contributed by atoms with Gasteiger partial charge in [-0.1, -0.05) is 12.8 Å². The van der Waals surface area contributed by atoms with E-state index in [1.165, 1.54) is 11.0 Å². The van der Waals surface area contributed by atoms with E-state index in [1.54, 1.807) is 0 Å². The number of carbonyl (C=O) groups is 1. The summed E-state index contributed by atoms with van der Waals surface area (Å²) in [5, 5.41) is 8.28. The summed E-state index contributed by atoms with van der Waals surface area (Å²) in [6, 6.07) is 2.80. The number of carboxylic acids is 1. The van der Waals surface area contributed by atoms with Crippen LogP contribution in [-0.2, 0) is 25.5 Å². The Bertz CT molecular complexity index is 1110. The van der Waals surface area contributed by atoms with E-state index in [2.05, 4.69) is 0 Å². The van der Waals surface area contributed by atoms with Crippen LogP contribution in [0.2, 0.25) is 0 Å². The van der Waals surface area contributed by atoms with Crippen LogP contribution in [0.1, 0.15) is 44.1 Å². The van der Waals surface area contributed by atoms with Gasteiger partial charge in [-0.2, -0.15) is 26.3 Å². The number of benzene rings is 1. The van der Waals surface area contributed by atoms with Crippen LogP contribution in [-0.4, -0.2) is 80.8 Å². The topological polar surface area (TPSA) is 87.1 Å². The number of ether oxygens (including phenoxy) is 1. The summed E-state index contributed by atoms with van der Waals surface area (Å²) >= 11 is 0. The fourth-order valence-corrected chi connectivity index (χ4v) is 7.67. The van der Waals surface area contributed by atoms with Gasteiger partial charge in [0.2, 0.25) is 0 Å². The van der Waals surface area contributed by atoms with Gasteiger partial charge >= 0.3 is 18.3 Å². The van der Waals surface area contributed by atoms with Crippen molar-refractivity contribution >= 4 is 21.5 Å². The number of nitrogens with zero attached hydrogens (tertiary/aromatic N) is 2. The quantitative estimate of drug-likeness (QED) is 0.486. The SMILES string of the molecule is O=C(O)[C@@H]1C[C@@H](S(=O)(=O)c2ccc(N3CCN(CC(F)(F)F)CC3)cc2C(F)(F)F)C[C@H]1OC1CCCC1. The summed E-state index contributed by atoms with van der Waals surface area (Å²) in [4.78, 5) is 13.5. The third-order valence-corrected chi connectivity index (χ3v) is 9.83. The Morgan fingerprint density at radius 2 is 1.63 bits per heavy atom. The zero-order chi connectivity index (χ0) is 27.9. The number of sulfone groups is 1. The summed E-state index contributed by atoms with van der Waals surface area (Å²) in [7, 11) is -4.58. The lowest BCUT2D eigenvalue weighted by Gasteiger charge is -2.36. The molecule has 0 bridgehead atoms. The van der Waals surface area contributed by atoms with Crippen LogP contribution in [0.25, 0.3) is 0 Å². The molecule has 0 unspecified atom stereocenters. The van der Waals surface area contributed by atoms with Crippen LogP contribution in [0.3, 0.4) is 0 Å². The van der Waals surface area contributed by atoms with Crippen molar-refractivity contribution < 1.29 is 49.4 Å². The number of anilines is 1. The van der Waals surface area contributed by atoms with Crippen molar-refractivity contribution in [2.75, 3.05) is 37.6 Å². The molecule has 0 aromatic heterocycles. The van der Waals surface area contributed by atoms with Gasteiger partial charge in [0.1, 0.15) is 0 Å². The molecule has 1 aliphatic heterocycles. The van der Waals surface area contributed by atoms with E-state index in [-0.39, 0.29) is 50.8 Å². The van der Waals surface area contributed by atoms with Gasteiger partial charge in [-0.3, -0.25) is 9.69 Å². The molecule has 214 valence electrons. The first kappa shape index (κ1) is 28.9. The smallest absolute Gasteiger partial charge is 0.417 e. The molecule has 1 heterocycles. The number of aliphatic carboxylic acids is 1. The van der Waals surface area contributed by atoms with Crippen molar-refractivity contribution in [1.29, 1.82) is 0 Å². The molecule has 0 radical (unpaired) electrons. The summed E-state index contributed by atoms with van der Waals surface area (Å²) in [5.74, 6) is -2.39. The summed E-state index contributed by atoms with van der Waals surface area (Å²) in [5.41, 5.74) is -1.32. The van der Waals surface area contributed by atoms with Gasteiger partial charge in [-0.05, 0) is 43.9 Å². The van der Waals surface area contributed by atoms with Crippen LogP contribution in [0.15, 0.2) is 23.1 Å². The molecule has 0 amide bonds. The zero-order valence-electron chi connectivity index (χ0n) is 20.5. The van der Waals surface area contributed by atoms with E-state index in [0.29, 0.717) is 6.07 Å². The highest BCUT2D eigenvalue weighted by molar-refractivity contribution is 7.92. The van der Waals surface area contributed by atoms with Crippen LogP contribution >= 0.6 is 0 Å². The number of hydrogen-bond acceptors (Lipinski definition) is 6. The van der Waals surface area contributed by atoms with Gasteiger partial charge in [0.15, 0.2) is 9.84 Å². The van der Waals surface area contributed by atoms with Crippen molar-refractivity contribution in [3.05, 3.63) is 23.8 Å². The maximum absolute atomic E-state index is 14.1. The molecule has 0 spiro atoms. The van der Waals surface area contributed by atoms with Crippen LogP contribution in [0.5, 0.6) is 0 Å². The minimum absolute atomic E-state index is 0.0120. The van der Waals surface area contributed by atoms with Crippen molar-refractivity contribution in [1.82, 2.24) is 4.90 Å². The normalized spacial score (nSPS) is 26.3. The van der Waals surface area contributed by atoms with Gasteiger partial charge in [0.05, 0.1) is 40.4 Å². The fourth-order valence-electron chi connectivity index (χ4n) is 5.67. The van der Waals surface area contributed by atoms with Crippen molar-refractivity contribution in [2.24, 2.45) is 5.92 Å². The lowest BCUT2D eigenvalue weighted by Crippen LogP contribution is -2.49. The first-order chi connectivity index (χ1) is 17.6. The number of alkyl halides is 6.